The second-order valence-corrected chi connectivity index (χ2v) is 6.14. The molecule has 0 saturated heterocycles. The van der Waals surface area contributed by atoms with Crippen molar-refractivity contribution < 1.29 is 4.74 Å². The van der Waals surface area contributed by atoms with Crippen LogP contribution in [0.1, 0.15) is 5.56 Å². The van der Waals surface area contributed by atoms with Crippen LogP contribution in [0.3, 0.4) is 0 Å². The summed E-state index contributed by atoms with van der Waals surface area (Å²) in [5.74, 6) is 1.35. The molecule has 0 saturated carbocycles. The maximum absolute atomic E-state index is 5.29. The first-order valence-electron chi connectivity index (χ1n) is 8.48. The normalized spacial score (nSPS) is 10.7. The minimum atomic E-state index is 0.563. The SMILES string of the molecule is COc1cccc(Nc2nc(-c3ccccc3)c3cc(C)ccc3n2)c1. The van der Waals surface area contributed by atoms with Crippen molar-refractivity contribution in [2.45, 2.75) is 6.92 Å². The third-order valence-electron chi connectivity index (χ3n) is 4.22. The Kier molecular flexibility index (Phi) is 4.23. The number of hydrogen-bond donors (Lipinski definition) is 1. The van der Waals surface area contributed by atoms with Crippen molar-refractivity contribution in [2.75, 3.05) is 12.4 Å². The van der Waals surface area contributed by atoms with Crippen molar-refractivity contribution in [1.29, 1.82) is 0 Å². The van der Waals surface area contributed by atoms with Crippen LogP contribution in [-0.2, 0) is 0 Å². The maximum Gasteiger partial charge on any atom is 0.228 e. The highest BCUT2D eigenvalue weighted by Crippen LogP contribution is 2.29. The summed E-state index contributed by atoms with van der Waals surface area (Å²) in [4.78, 5) is 9.49. The quantitative estimate of drug-likeness (QED) is 0.543. The number of rotatable bonds is 4. The van der Waals surface area contributed by atoms with Crippen molar-refractivity contribution in [1.82, 2.24) is 9.97 Å². The van der Waals surface area contributed by atoms with Crippen molar-refractivity contribution in [3.63, 3.8) is 0 Å². The van der Waals surface area contributed by atoms with Crippen LogP contribution in [0.2, 0.25) is 0 Å². The summed E-state index contributed by atoms with van der Waals surface area (Å²) in [5, 5.41) is 4.34. The van der Waals surface area contributed by atoms with Crippen molar-refractivity contribution in [3.8, 4) is 17.0 Å². The van der Waals surface area contributed by atoms with Gasteiger partial charge in [-0.3, -0.25) is 0 Å². The maximum atomic E-state index is 5.29. The molecule has 0 bridgehead atoms. The van der Waals surface area contributed by atoms with Crippen LogP contribution >= 0.6 is 0 Å². The molecule has 1 N–H and O–H groups in total. The average Bonchev–Trinajstić information content (AvgIpc) is 2.68. The molecule has 26 heavy (non-hydrogen) atoms. The molecule has 0 spiro atoms. The lowest BCUT2D eigenvalue weighted by Gasteiger charge is -2.11. The Morgan fingerprint density at radius 3 is 2.50 bits per heavy atom. The minimum absolute atomic E-state index is 0.563. The van der Waals surface area contributed by atoms with Crippen molar-refractivity contribution >= 4 is 22.5 Å². The first-order chi connectivity index (χ1) is 12.7. The van der Waals surface area contributed by atoms with E-state index in [2.05, 4.69) is 36.5 Å². The van der Waals surface area contributed by atoms with E-state index in [1.807, 2.05) is 48.5 Å². The molecule has 4 rings (SSSR count). The van der Waals surface area contributed by atoms with Crippen LogP contribution in [0.5, 0.6) is 5.75 Å². The lowest BCUT2D eigenvalue weighted by Crippen LogP contribution is -2.00. The molecule has 4 heteroatoms. The van der Waals surface area contributed by atoms with Gasteiger partial charge in [0.05, 0.1) is 18.3 Å². The highest BCUT2D eigenvalue weighted by atomic mass is 16.5. The number of benzene rings is 3. The van der Waals surface area contributed by atoms with Gasteiger partial charge >= 0.3 is 0 Å². The largest absolute Gasteiger partial charge is 0.497 e. The van der Waals surface area contributed by atoms with Gasteiger partial charge in [-0.2, -0.15) is 0 Å². The third-order valence-corrected chi connectivity index (χ3v) is 4.22. The molecule has 4 nitrogen and oxygen atoms in total. The Balaban J connectivity index is 1.84. The second-order valence-electron chi connectivity index (χ2n) is 6.14. The zero-order valence-corrected chi connectivity index (χ0v) is 14.7. The minimum Gasteiger partial charge on any atom is -0.497 e. The Hall–Kier alpha value is -3.40. The fourth-order valence-corrected chi connectivity index (χ4v) is 2.94. The Bertz CT molecular complexity index is 1060. The topological polar surface area (TPSA) is 47.0 Å². The summed E-state index contributed by atoms with van der Waals surface area (Å²) >= 11 is 0. The van der Waals surface area contributed by atoms with Crippen LogP contribution in [0.25, 0.3) is 22.2 Å². The molecule has 1 aromatic heterocycles. The van der Waals surface area contributed by atoms with E-state index in [0.29, 0.717) is 5.95 Å². The van der Waals surface area contributed by atoms with Gasteiger partial charge in [0.2, 0.25) is 5.95 Å². The van der Waals surface area contributed by atoms with Crippen LogP contribution in [-0.4, -0.2) is 17.1 Å². The van der Waals surface area contributed by atoms with E-state index in [4.69, 9.17) is 14.7 Å². The fraction of sp³-hybridized carbons (Fsp3) is 0.0909. The number of aromatic nitrogens is 2. The van der Waals surface area contributed by atoms with Crippen LogP contribution in [0, 0.1) is 6.92 Å². The Morgan fingerprint density at radius 2 is 1.69 bits per heavy atom. The van der Waals surface area contributed by atoms with E-state index in [1.165, 1.54) is 5.56 Å². The van der Waals surface area contributed by atoms with Gasteiger partial charge in [0.1, 0.15) is 5.75 Å². The molecule has 0 fully saturated rings. The monoisotopic (exact) mass is 341 g/mol. The van der Waals surface area contributed by atoms with E-state index in [-0.39, 0.29) is 0 Å². The predicted octanol–water partition coefficient (Wildman–Crippen LogP) is 5.36. The van der Waals surface area contributed by atoms with E-state index >= 15 is 0 Å². The molecule has 128 valence electrons. The van der Waals surface area contributed by atoms with Gasteiger partial charge in [-0.1, -0.05) is 48.0 Å². The van der Waals surface area contributed by atoms with Gasteiger partial charge in [-0.25, -0.2) is 9.97 Å². The molecular weight excluding hydrogens is 322 g/mol. The molecule has 0 unspecified atom stereocenters. The Labute approximate surface area is 152 Å². The van der Waals surface area contributed by atoms with Crippen LogP contribution < -0.4 is 10.1 Å². The molecular formula is C22H19N3O. The number of anilines is 2. The van der Waals surface area contributed by atoms with E-state index in [0.717, 1.165) is 33.6 Å². The second kappa shape index (κ2) is 6.84. The smallest absolute Gasteiger partial charge is 0.228 e. The highest BCUT2D eigenvalue weighted by molar-refractivity contribution is 5.93. The van der Waals surface area contributed by atoms with E-state index < -0.39 is 0 Å². The number of hydrogen-bond acceptors (Lipinski definition) is 4. The standard InChI is InChI=1S/C22H19N3O/c1-15-11-12-20-19(13-15)21(16-7-4-3-5-8-16)25-22(24-20)23-17-9-6-10-18(14-17)26-2/h3-14H,1-2H3,(H,23,24,25). The van der Waals surface area contributed by atoms with Gasteiger partial charge in [-0.15, -0.1) is 0 Å². The molecule has 1 heterocycles. The number of nitrogens with one attached hydrogen (secondary N) is 1. The molecule has 0 radical (unpaired) electrons. The van der Waals surface area contributed by atoms with Gasteiger partial charge in [-0.05, 0) is 31.2 Å². The van der Waals surface area contributed by atoms with E-state index in [1.54, 1.807) is 7.11 Å². The molecule has 0 aliphatic rings. The number of aryl methyl sites for hydroxylation is 1. The summed E-state index contributed by atoms with van der Waals surface area (Å²) in [6.07, 6.45) is 0. The average molecular weight is 341 g/mol. The lowest BCUT2D eigenvalue weighted by molar-refractivity contribution is 0.415. The van der Waals surface area contributed by atoms with Gasteiger partial charge in [0.15, 0.2) is 0 Å². The lowest BCUT2D eigenvalue weighted by atomic mass is 10.0. The first-order valence-corrected chi connectivity index (χ1v) is 8.48. The zero-order chi connectivity index (χ0) is 17.9. The van der Waals surface area contributed by atoms with Crippen LogP contribution in [0.15, 0.2) is 72.8 Å². The highest BCUT2D eigenvalue weighted by Gasteiger charge is 2.10. The van der Waals surface area contributed by atoms with E-state index in [9.17, 15) is 0 Å². The number of ether oxygens (including phenoxy) is 1. The Morgan fingerprint density at radius 1 is 0.846 bits per heavy atom. The number of fused-ring (bicyclic) bond motifs is 1. The molecule has 3 aromatic carbocycles. The molecule has 0 aliphatic heterocycles. The molecule has 4 aromatic rings. The van der Waals surface area contributed by atoms with Gasteiger partial charge in [0, 0.05) is 22.7 Å². The van der Waals surface area contributed by atoms with Gasteiger partial charge in [0.25, 0.3) is 0 Å². The summed E-state index contributed by atoms with van der Waals surface area (Å²) < 4.78 is 5.29. The molecule has 0 amide bonds. The fourth-order valence-electron chi connectivity index (χ4n) is 2.94. The summed E-state index contributed by atoms with van der Waals surface area (Å²) in [6, 6.07) is 24.2. The molecule has 0 aliphatic carbocycles. The third kappa shape index (κ3) is 3.22. The predicted molar refractivity (Wildman–Crippen MR) is 106 cm³/mol. The summed E-state index contributed by atoms with van der Waals surface area (Å²) in [5.41, 5.74) is 4.97. The summed E-state index contributed by atoms with van der Waals surface area (Å²) in [7, 11) is 1.65. The molecule has 0 atom stereocenters. The number of nitrogens with zero attached hydrogens (tertiary/aromatic N) is 2. The summed E-state index contributed by atoms with van der Waals surface area (Å²) in [6.45, 7) is 2.08. The van der Waals surface area contributed by atoms with Crippen molar-refractivity contribution in [3.05, 3.63) is 78.4 Å². The van der Waals surface area contributed by atoms with Gasteiger partial charge < -0.3 is 10.1 Å². The zero-order valence-electron chi connectivity index (χ0n) is 14.7. The first kappa shape index (κ1) is 16.1. The number of methoxy groups -OCH3 is 1. The van der Waals surface area contributed by atoms with Crippen LogP contribution in [0.4, 0.5) is 11.6 Å². The van der Waals surface area contributed by atoms with Crippen molar-refractivity contribution in [2.24, 2.45) is 0 Å².